The van der Waals surface area contributed by atoms with E-state index in [1.54, 1.807) is 0 Å². The summed E-state index contributed by atoms with van der Waals surface area (Å²) >= 11 is 6.08. The van der Waals surface area contributed by atoms with Crippen molar-refractivity contribution in [3.05, 3.63) is 34.3 Å². The zero-order valence-corrected chi connectivity index (χ0v) is 9.68. The van der Waals surface area contributed by atoms with Crippen LogP contribution in [0.1, 0.15) is 24.1 Å². The van der Waals surface area contributed by atoms with Gasteiger partial charge in [0.1, 0.15) is 0 Å². The molecule has 2 rings (SSSR count). The maximum Gasteiger partial charge on any atom is 0.0662 e. The molecule has 0 aliphatic carbocycles. The quantitative estimate of drug-likeness (QED) is 0.836. The summed E-state index contributed by atoms with van der Waals surface area (Å²) in [7, 11) is 0. The summed E-state index contributed by atoms with van der Waals surface area (Å²) in [4.78, 5) is 0. The molecule has 15 heavy (non-hydrogen) atoms. The van der Waals surface area contributed by atoms with Gasteiger partial charge in [0.25, 0.3) is 0 Å². The molecule has 82 valence electrons. The van der Waals surface area contributed by atoms with E-state index >= 15 is 0 Å². The van der Waals surface area contributed by atoms with Crippen molar-refractivity contribution >= 4 is 11.6 Å². The number of rotatable bonds is 2. The Morgan fingerprint density at radius 2 is 2.33 bits per heavy atom. The lowest BCUT2D eigenvalue weighted by Gasteiger charge is -2.24. The number of halogens is 1. The summed E-state index contributed by atoms with van der Waals surface area (Å²) < 4.78 is 5.44. The van der Waals surface area contributed by atoms with E-state index in [9.17, 15) is 0 Å². The molecule has 0 saturated carbocycles. The molecule has 1 N–H and O–H groups in total. The third-order valence-electron chi connectivity index (χ3n) is 2.71. The molecule has 1 fully saturated rings. The van der Waals surface area contributed by atoms with E-state index in [2.05, 4.69) is 18.3 Å². The fourth-order valence-corrected chi connectivity index (χ4v) is 2.13. The van der Waals surface area contributed by atoms with Crippen molar-refractivity contribution in [2.24, 2.45) is 0 Å². The van der Waals surface area contributed by atoms with Crippen LogP contribution in [0.4, 0.5) is 0 Å². The van der Waals surface area contributed by atoms with E-state index in [0.717, 1.165) is 31.2 Å². The Labute approximate surface area is 95.6 Å². The smallest absolute Gasteiger partial charge is 0.0662 e. The van der Waals surface area contributed by atoms with Gasteiger partial charge in [0, 0.05) is 11.6 Å². The Morgan fingerprint density at radius 1 is 1.47 bits per heavy atom. The molecule has 0 bridgehead atoms. The van der Waals surface area contributed by atoms with Crippen LogP contribution in [-0.4, -0.2) is 19.8 Å². The number of hydrogen-bond donors (Lipinski definition) is 1. The molecular weight excluding hydrogens is 210 g/mol. The standard InChI is InChI=1S/C12H16ClNO/c1-2-9-5-10(7-11(13)6-9)12-8-15-4-3-14-12/h5-7,12,14H,2-4,8H2,1H3. The van der Waals surface area contributed by atoms with Gasteiger partial charge in [-0.25, -0.2) is 0 Å². The topological polar surface area (TPSA) is 21.3 Å². The number of nitrogens with one attached hydrogen (secondary N) is 1. The van der Waals surface area contributed by atoms with E-state index in [-0.39, 0.29) is 0 Å². The highest BCUT2D eigenvalue weighted by molar-refractivity contribution is 6.30. The van der Waals surface area contributed by atoms with Gasteiger partial charge in [-0.3, -0.25) is 0 Å². The molecule has 2 nitrogen and oxygen atoms in total. The highest BCUT2D eigenvalue weighted by Gasteiger charge is 2.15. The van der Waals surface area contributed by atoms with Crippen molar-refractivity contribution in [1.82, 2.24) is 5.32 Å². The van der Waals surface area contributed by atoms with Crippen LogP contribution in [0.2, 0.25) is 5.02 Å². The predicted octanol–water partition coefficient (Wildman–Crippen LogP) is 2.56. The maximum atomic E-state index is 6.08. The van der Waals surface area contributed by atoms with Crippen LogP contribution in [0.3, 0.4) is 0 Å². The first-order valence-corrected chi connectivity index (χ1v) is 5.78. The highest BCUT2D eigenvalue weighted by Crippen LogP contribution is 2.22. The van der Waals surface area contributed by atoms with Gasteiger partial charge in [-0.05, 0) is 29.7 Å². The van der Waals surface area contributed by atoms with Crippen molar-refractivity contribution in [2.45, 2.75) is 19.4 Å². The van der Waals surface area contributed by atoms with Crippen molar-refractivity contribution in [1.29, 1.82) is 0 Å². The zero-order valence-electron chi connectivity index (χ0n) is 8.92. The van der Waals surface area contributed by atoms with Gasteiger partial charge >= 0.3 is 0 Å². The van der Waals surface area contributed by atoms with Crippen LogP contribution < -0.4 is 5.32 Å². The van der Waals surface area contributed by atoms with E-state index in [4.69, 9.17) is 16.3 Å². The average Bonchev–Trinajstić information content (AvgIpc) is 2.29. The number of ether oxygens (including phenoxy) is 1. The summed E-state index contributed by atoms with van der Waals surface area (Å²) in [5, 5.41) is 4.25. The van der Waals surface area contributed by atoms with Gasteiger partial charge in [-0.15, -0.1) is 0 Å². The third-order valence-corrected chi connectivity index (χ3v) is 2.93. The number of benzene rings is 1. The van der Waals surface area contributed by atoms with E-state index < -0.39 is 0 Å². The fourth-order valence-electron chi connectivity index (χ4n) is 1.86. The molecule has 0 amide bonds. The van der Waals surface area contributed by atoms with Gasteiger partial charge < -0.3 is 10.1 Å². The van der Waals surface area contributed by atoms with Gasteiger partial charge in [-0.2, -0.15) is 0 Å². The Bertz CT molecular complexity index is 334. The maximum absolute atomic E-state index is 6.08. The Balaban J connectivity index is 2.22. The largest absolute Gasteiger partial charge is 0.378 e. The fraction of sp³-hybridized carbons (Fsp3) is 0.500. The van der Waals surface area contributed by atoms with Gasteiger partial charge in [0.2, 0.25) is 0 Å². The average molecular weight is 226 g/mol. The SMILES string of the molecule is CCc1cc(Cl)cc(C2COCCN2)c1. The molecule has 1 aliphatic rings. The molecule has 3 heteroatoms. The first-order valence-electron chi connectivity index (χ1n) is 5.40. The summed E-state index contributed by atoms with van der Waals surface area (Å²) in [6, 6.07) is 6.54. The predicted molar refractivity (Wildman–Crippen MR) is 62.4 cm³/mol. The molecule has 0 aromatic heterocycles. The number of hydrogen-bond acceptors (Lipinski definition) is 2. The molecule has 1 aromatic carbocycles. The molecule has 1 aromatic rings. The summed E-state index contributed by atoms with van der Waals surface area (Å²) in [5.74, 6) is 0. The molecular formula is C12H16ClNO. The van der Waals surface area contributed by atoms with E-state index in [0.29, 0.717) is 6.04 Å². The van der Waals surface area contributed by atoms with Gasteiger partial charge in [0.15, 0.2) is 0 Å². The molecule has 1 atom stereocenters. The van der Waals surface area contributed by atoms with Gasteiger partial charge in [0.05, 0.1) is 19.3 Å². The highest BCUT2D eigenvalue weighted by atomic mass is 35.5. The normalized spacial score (nSPS) is 21.6. The van der Waals surface area contributed by atoms with Crippen LogP contribution in [0, 0.1) is 0 Å². The lowest BCUT2D eigenvalue weighted by Crippen LogP contribution is -2.34. The zero-order chi connectivity index (χ0) is 10.7. The first kappa shape index (κ1) is 10.9. The van der Waals surface area contributed by atoms with Crippen molar-refractivity contribution in [3.8, 4) is 0 Å². The van der Waals surface area contributed by atoms with Crippen molar-refractivity contribution < 1.29 is 4.74 Å². The lowest BCUT2D eigenvalue weighted by atomic mass is 10.0. The first-order chi connectivity index (χ1) is 7.29. The van der Waals surface area contributed by atoms with Gasteiger partial charge in [-0.1, -0.05) is 24.6 Å². The number of morpholine rings is 1. The Kier molecular flexibility index (Phi) is 3.62. The lowest BCUT2D eigenvalue weighted by molar-refractivity contribution is 0.0768. The van der Waals surface area contributed by atoms with E-state index in [1.807, 2.05) is 12.1 Å². The molecule has 1 unspecified atom stereocenters. The minimum absolute atomic E-state index is 0.294. The molecule has 1 heterocycles. The Morgan fingerprint density at radius 3 is 3.00 bits per heavy atom. The van der Waals surface area contributed by atoms with E-state index in [1.165, 1.54) is 11.1 Å². The minimum Gasteiger partial charge on any atom is -0.378 e. The summed E-state index contributed by atoms with van der Waals surface area (Å²) in [6.45, 7) is 4.60. The molecule has 0 radical (unpaired) electrons. The second-order valence-corrected chi connectivity index (χ2v) is 4.26. The van der Waals surface area contributed by atoms with Crippen LogP contribution in [-0.2, 0) is 11.2 Å². The van der Waals surface area contributed by atoms with Crippen molar-refractivity contribution in [2.75, 3.05) is 19.8 Å². The molecule has 1 saturated heterocycles. The summed E-state index contributed by atoms with van der Waals surface area (Å²) in [5.41, 5.74) is 2.52. The number of aryl methyl sites for hydroxylation is 1. The van der Waals surface area contributed by atoms with Crippen LogP contribution in [0.15, 0.2) is 18.2 Å². The Hall–Kier alpha value is -0.570. The van der Waals surface area contributed by atoms with Crippen LogP contribution >= 0.6 is 11.6 Å². The summed E-state index contributed by atoms with van der Waals surface area (Å²) in [6.07, 6.45) is 1.02. The second-order valence-electron chi connectivity index (χ2n) is 3.83. The monoisotopic (exact) mass is 225 g/mol. The van der Waals surface area contributed by atoms with Crippen molar-refractivity contribution in [3.63, 3.8) is 0 Å². The molecule has 1 aliphatic heterocycles. The van der Waals surface area contributed by atoms with Crippen LogP contribution in [0.25, 0.3) is 0 Å². The minimum atomic E-state index is 0.294. The van der Waals surface area contributed by atoms with Crippen LogP contribution in [0.5, 0.6) is 0 Å². The third kappa shape index (κ3) is 2.71. The second kappa shape index (κ2) is 4.97. The molecule has 0 spiro atoms.